The van der Waals surface area contributed by atoms with Crippen molar-refractivity contribution in [3.8, 4) is 0 Å². The summed E-state index contributed by atoms with van der Waals surface area (Å²) in [6.45, 7) is 12.1. The van der Waals surface area contributed by atoms with Crippen molar-refractivity contribution >= 4 is 20.9 Å². The Hall–Kier alpha value is -1.39. The van der Waals surface area contributed by atoms with Gasteiger partial charge in [0.2, 0.25) is 0 Å². The lowest BCUT2D eigenvalue weighted by Crippen LogP contribution is -2.08. The molecule has 126 valence electrons. The van der Waals surface area contributed by atoms with Crippen molar-refractivity contribution in [2.75, 3.05) is 0 Å². The van der Waals surface area contributed by atoms with Crippen molar-refractivity contribution in [3.05, 3.63) is 41.0 Å². The van der Waals surface area contributed by atoms with E-state index in [9.17, 15) is 13.0 Å². The van der Waals surface area contributed by atoms with Crippen molar-refractivity contribution < 1.29 is 13.0 Å². The van der Waals surface area contributed by atoms with E-state index in [2.05, 4.69) is 19.9 Å². The molecular weight excluding hydrogens is 308 g/mol. The highest BCUT2D eigenvalue weighted by Gasteiger charge is 2.25. The van der Waals surface area contributed by atoms with Crippen molar-refractivity contribution in [2.24, 2.45) is 0 Å². The zero-order chi connectivity index (χ0) is 17.5. The molecule has 0 amide bonds. The molecule has 0 saturated carbocycles. The molecule has 0 heterocycles. The predicted molar refractivity (Wildman–Crippen MR) is 96.0 cm³/mol. The summed E-state index contributed by atoms with van der Waals surface area (Å²) < 4.78 is 34.3. The molecule has 0 spiro atoms. The topological polar surface area (TPSA) is 54.4 Å². The van der Waals surface area contributed by atoms with Crippen LogP contribution in [-0.2, 0) is 10.1 Å². The third-order valence-corrected chi connectivity index (χ3v) is 5.31. The molecule has 0 radical (unpaired) electrons. The summed E-state index contributed by atoms with van der Waals surface area (Å²) >= 11 is 0. The minimum Gasteiger partial charge on any atom is -0.282 e. The quantitative estimate of drug-likeness (QED) is 0.756. The average Bonchev–Trinajstić information content (AvgIpc) is 2.42. The lowest BCUT2D eigenvalue weighted by Gasteiger charge is -2.21. The number of hydrogen-bond acceptors (Lipinski definition) is 2. The van der Waals surface area contributed by atoms with E-state index in [4.69, 9.17) is 0 Å². The van der Waals surface area contributed by atoms with Crippen LogP contribution in [0.1, 0.15) is 76.0 Å². The highest BCUT2D eigenvalue weighted by molar-refractivity contribution is 7.86. The minimum atomic E-state index is -4.30. The van der Waals surface area contributed by atoms with Crippen LogP contribution in [0.15, 0.2) is 29.2 Å². The summed E-state index contributed by atoms with van der Waals surface area (Å²) in [5.41, 5.74) is 2.73. The second-order valence-electron chi connectivity index (χ2n) is 7.09. The molecule has 3 nitrogen and oxygen atoms in total. The molecule has 0 aliphatic heterocycles. The summed E-state index contributed by atoms with van der Waals surface area (Å²) in [5, 5.41) is 1.60. The van der Waals surface area contributed by atoms with E-state index in [1.807, 2.05) is 45.9 Å². The van der Waals surface area contributed by atoms with Crippen LogP contribution < -0.4 is 0 Å². The molecule has 1 N–H and O–H groups in total. The van der Waals surface area contributed by atoms with E-state index in [0.717, 1.165) is 16.5 Å². The van der Waals surface area contributed by atoms with E-state index in [0.29, 0.717) is 10.9 Å². The molecule has 4 heteroatoms. The first kappa shape index (κ1) is 18.0. The zero-order valence-corrected chi connectivity index (χ0v) is 15.5. The minimum absolute atomic E-state index is 0.0130. The van der Waals surface area contributed by atoms with E-state index in [1.165, 1.54) is 0 Å². The van der Waals surface area contributed by atoms with Crippen LogP contribution in [0, 0.1) is 0 Å². The maximum Gasteiger partial charge on any atom is 0.295 e. The predicted octanol–water partition coefficient (Wildman–Crippen LogP) is 5.46. The Morgan fingerprint density at radius 1 is 0.739 bits per heavy atom. The Kier molecular flexibility index (Phi) is 4.88. The van der Waals surface area contributed by atoms with Gasteiger partial charge in [0.25, 0.3) is 10.1 Å². The normalized spacial score (nSPS) is 12.8. The first-order valence-electron chi connectivity index (χ1n) is 8.12. The van der Waals surface area contributed by atoms with E-state index in [-0.39, 0.29) is 22.6 Å². The molecule has 2 rings (SSSR count). The maximum atomic E-state index is 12.2. The summed E-state index contributed by atoms with van der Waals surface area (Å²) in [5.74, 6) is 0.457. The first-order chi connectivity index (χ1) is 10.6. The summed E-state index contributed by atoms with van der Waals surface area (Å²) in [4.78, 5) is 0.0798. The van der Waals surface area contributed by atoms with Crippen molar-refractivity contribution in [1.29, 1.82) is 0 Å². The highest BCUT2D eigenvalue weighted by atomic mass is 32.2. The molecule has 0 aromatic heterocycles. The molecule has 0 unspecified atom stereocenters. The lowest BCUT2D eigenvalue weighted by molar-refractivity contribution is 0.482. The van der Waals surface area contributed by atoms with Crippen molar-refractivity contribution in [1.82, 2.24) is 0 Å². The molecule has 0 atom stereocenters. The third-order valence-electron chi connectivity index (χ3n) is 4.35. The van der Waals surface area contributed by atoms with Crippen LogP contribution in [0.5, 0.6) is 0 Å². The number of fused-ring (bicyclic) bond motifs is 1. The lowest BCUT2D eigenvalue weighted by atomic mass is 9.87. The van der Waals surface area contributed by atoms with E-state index < -0.39 is 10.1 Å². The largest absolute Gasteiger partial charge is 0.295 e. The second kappa shape index (κ2) is 6.25. The van der Waals surface area contributed by atoms with Gasteiger partial charge in [-0.3, -0.25) is 4.55 Å². The molecule has 2 aromatic rings. The Balaban J connectivity index is 3.12. The Labute approximate surface area is 139 Å². The molecule has 2 aromatic carbocycles. The van der Waals surface area contributed by atoms with Gasteiger partial charge in [-0.05, 0) is 39.8 Å². The molecule has 0 aliphatic rings. The summed E-state index contributed by atoms with van der Waals surface area (Å²) in [7, 11) is -4.30. The number of benzene rings is 2. The fraction of sp³-hybridized carbons (Fsp3) is 0.474. The van der Waals surface area contributed by atoms with Gasteiger partial charge in [0.1, 0.15) is 4.90 Å². The third kappa shape index (κ3) is 3.29. The molecule has 23 heavy (non-hydrogen) atoms. The van der Waals surface area contributed by atoms with Gasteiger partial charge < -0.3 is 0 Å². The maximum absolute atomic E-state index is 12.2. The van der Waals surface area contributed by atoms with Crippen molar-refractivity contribution in [2.45, 2.75) is 64.2 Å². The van der Waals surface area contributed by atoms with Gasteiger partial charge in [-0.1, -0.05) is 65.8 Å². The Bertz CT molecular complexity index is 831. The van der Waals surface area contributed by atoms with Gasteiger partial charge in [-0.25, -0.2) is 0 Å². The average molecular weight is 334 g/mol. The van der Waals surface area contributed by atoms with Crippen LogP contribution in [0.4, 0.5) is 0 Å². The van der Waals surface area contributed by atoms with E-state index >= 15 is 0 Å². The Morgan fingerprint density at radius 3 is 1.61 bits per heavy atom. The second-order valence-corrected chi connectivity index (χ2v) is 8.45. The van der Waals surface area contributed by atoms with Crippen LogP contribution in [0.25, 0.3) is 10.8 Å². The Morgan fingerprint density at radius 2 is 1.17 bits per heavy atom. The molecule has 0 aliphatic carbocycles. The van der Waals surface area contributed by atoms with Crippen LogP contribution in [0.2, 0.25) is 0 Å². The highest BCUT2D eigenvalue weighted by Crippen LogP contribution is 2.39. The van der Waals surface area contributed by atoms with Crippen LogP contribution >= 0.6 is 0 Å². The van der Waals surface area contributed by atoms with Gasteiger partial charge in [-0.15, -0.1) is 0 Å². The summed E-state index contributed by atoms with van der Waals surface area (Å²) in [6, 6.07) is 7.92. The first-order valence-corrected chi connectivity index (χ1v) is 9.56. The molecule has 0 bridgehead atoms. The van der Waals surface area contributed by atoms with E-state index in [1.54, 1.807) is 0 Å². The van der Waals surface area contributed by atoms with Gasteiger partial charge in [-0.2, -0.15) is 8.42 Å². The van der Waals surface area contributed by atoms with Crippen molar-refractivity contribution in [3.63, 3.8) is 0 Å². The van der Waals surface area contributed by atoms with Crippen LogP contribution in [-0.4, -0.2) is 13.0 Å². The number of hydrogen-bond donors (Lipinski definition) is 1. The number of rotatable bonds is 4. The SMILES string of the molecule is CC(C)c1ccc2c(C(C)C)ccc(C(C)C)c2c1S(=O)(=O)O. The monoisotopic (exact) mass is 334 g/mol. The van der Waals surface area contributed by atoms with Gasteiger partial charge >= 0.3 is 0 Å². The standard InChI is InChI=1S/C19H26O3S/c1-11(2)14-7-8-15(12(3)4)18-17(14)10-9-16(13(5)6)19(18)23(20,21)22/h7-13H,1-6H3,(H,20,21,22). The van der Waals surface area contributed by atoms with Gasteiger partial charge in [0.15, 0.2) is 0 Å². The molecular formula is C19H26O3S. The fourth-order valence-corrected chi connectivity index (χ4v) is 4.28. The fourth-order valence-electron chi connectivity index (χ4n) is 3.20. The molecule has 0 saturated heterocycles. The zero-order valence-electron chi connectivity index (χ0n) is 14.7. The van der Waals surface area contributed by atoms with Gasteiger partial charge in [0.05, 0.1) is 0 Å². The van der Waals surface area contributed by atoms with Gasteiger partial charge in [0, 0.05) is 5.39 Å². The van der Waals surface area contributed by atoms with Crippen LogP contribution in [0.3, 0.4) is 0 Å². The smallest absolute Gasteiger partial charge is 0.282 e. The summed E-state index contributed by atoms with van der Waals surface area (Å²) in [6.07, 6.45) is 0. The molecule has 0 fully saturated rings.